The lowest BCUT2D eigenvalue weighted by Gasteiger charge is -2.16. The largest absolute Gasteiger partial charge is 0.481 e. The highest BCUT2D eigenvalue weighted by Crippen LogP contribution is 2.33. The maximum absolute atomic E-state index is 12.8. The molecule has 2 aromatic rings. The third-order valence-corrected chi connectivity index (χ3v) is 4.43. The Hall–Kier alpha value is -2.45. The van der Waals surface area contributed by atoms with Gasteiger partial charge in [-0.25, -0.2) is 4.68 Å². The summed E-state index contributed by atoms with van der Waals surface area (Å²) in [4.78, 5) is 23.6. The van der Waals surface area contributed by atoms with Crippen molar-refractivity contribution >= 4 is 16.9 Å². The van der Waals surface area contributed by atoms with Crippen LogP contribution in [-0.4, -0.2) is 26.1 Å². The number of carboxylic acids is 1. The van der Waals surface area contributed by atoms with E-state index in [0.29, 0.717) is 12.8 Å². The first kappa shape index (κ1) is 16.4. The van der Waals surface area contributed by atoms with Gasteiger partial charge in [0.25, 0.3) is 5.56 Å². The van der Waals surface area contributed by atoms with E-state index in [1.807, 2.05) is 0 Å². The van der Waals surface area contributed by atoms with Crippen LogP contribution in [0.25, 0.3) is 10.9 Å². The number of aliphatic carboxylic acids is 1. The zero-order valence-corrected chi connectivity index (χ0v) is 12.5. The molecule has 24 heavy (non-hydrogen) atoms. The molecule has 1 aliphatic carbocycles. The minimum atomic E-state index is -4.56. The Morgan fingerprint density at radius 1 is 1.33 bits per heavy atom. The van der Waals surface area contributed by atoms with E-state index < -0.39 is 29.2 Å². The molecular formula is C15H14F3N3O3. The summed E-state index contributed by atoms with van der Waals surface area (Å²) < 4.78 is 39.4. The van der Waals surface area contributed by atoms with Crippen LogP contribution in [0.2, 0.25) is 0 Å². The number of hydrogen-bond donors (Lipinski definition) is 1. The standard InChI is InChI=1S/C15H14F3N3O3/c16-15(17,18)9-4-5-12-11(6-9)13(22)21(20-19-12)7-8-2-1-3-10(8)14(23)24/h4-6,8,10H,1-3,7H2,(H,23,24). The first-order valence-corrected chi connectivity index (χ1v) is 7.45. The number of aromatic nitrogens is 3. The normalized spacial score (nSPS) is 21.3. The third kappa shape index (κ3) is 2.98. The third-order valence-electron chi connectivity index (χ3n) is 4.43. The van der Waals surface area contributed by atoms with Crippen LogP contribution in [0.5, 0.6) is 0 Å². The summed E-state index contributed by atoms with van der Waals surface area (Å²) in [5.74, 6) is -1.78. The summed E-state index contributed by atoms with van der Waals surface area (Å²) in [5.41, 5.74) is -1.55. The Labute approximate surface area is 133 Å². The molecule has 1 N–H and O–H groups in total. The van der Waals surface area contributed by atoms with E-state index >= 15 is 0 Å². The maximum atomic E-state index is 12.8. The lowest BCUT2D eigenvalue weighted by molar-refractivity contribution is -0.143. The van der Waals surface area contributed by atoms with Crippen LogP contribution in [0.15, 0.2) is 23.0 Å². The van der Waals surface area contributed by atoms with E-state index in [-0.39, 0.29) is 23.4 Å². The molecule has 6 nitrogen and oxygen atoms in total. The van der Waals surface area contributed by atoms with Gasteiger partial charge in [0.05, 0.1) is 23.4 Å². The molecule has 1 aromatic carbocycles. The van der Waals surface area contributed by atoms with Crippen molar-refractivity contribution in [3.8, 4) is 0 Å². The van der Waals surface area contributed by atoms with Crippen molar-refractivity contribution in [2.45, 2.75) is 32.0 Å². The number of carboxylic acid groups (broad SMARTS) is 1. The van der Waals surface area contributed by atoms with Gasteiger partial charge in [0.1, 0.15) is 5.52 Å². The molecule has 1 fully saturated rings. The summed E-state index contributed by atoms with van der Waals surface area (Å²) in [5, 5.41) is 16.5. The van der Waals surface area contributed by atoms with Crippen LogP contribution < -0.4 is 5.56 Å². The van der Waals surface area contributed by atoms with Gasteiger partial charge in [-0.3, -0.25) is 9.59 Å². The molecule has 0 saturated heterocycles. The molecule has 3 rings (SSSR count). The average molecular weight is 341 g/mol. The topological polar surface area (TPSA) is 85.1 Å². The van der Waals surface area contributed by atoms with Gasteiger partial charge in [-0.15, -0.1) is 5.10 Å². The van der Waals surface area contributed by atoms with E-state index in [1.165, 1.54) is 0 Å². The Morgan fingerprint density at radius 2 is 2.08 bits per heavy atom. The second kappa shape index (κ2) is 5.88. The molecule has 128 valence electrons. The molecule has 0 aliphatic heterocycles. The summed E-state index contributed by atoms with van der Waals surface area (Å²) in [6.07, 6.45) is -2.68. The summed E-state index contributed by atoms with van der Waals surface area (Å²) in [7, 11) is 0. The number of fused-ring (bicyclic) bond motifs is 1. The monoisotopic (exact) mass is 341 g/mol. The van der Waals surface area contributed by atoms with E-state index in [2.05, 4.69) is 10.3 Å². The SMILES string of the molecule is O=C(O)C1CCCC1Cn1nnc2ccc(C(F)(F)F)cc2c1=O. The molecule has 2 atom stereocenters. The molecule has 2 unspecified atom stereocenters. The van der Waals surface area contributed by atoms with Gasteiger partial charge in [0, 0.05) is 0 Å². The number of carbonyl (C=O) groups is 1. The van der Waals surface area contributed by atoms with Crippen LogP contribution in [0.3, 0.4) is 0 Å². The van der Waals surface area contributed by atoms with Crippen LogP contribution >= 0.6 is 0 Å². The smallest absolute Gasteiger partial charge is 0.416 e. The van der Waals surface area contributed by atoms with Crippen molar-refractivity contribution in [3.63, 3.8) is 0 Å². The maximum Gasteiger partial charge on any atom is 0.416 e. The van der Waals surface area contributed by atoms with Crippen molar-refractivity contribution < 1.29 is 23.1 Å². The van der Waals surface area contributed by atoms with E-state index in [0.717, 1.165) is 29.3 Å². The Balaban J connectivity index is 1.99. The molecule has 0 amide bonds. The molecule has 1 heterocycles. The Morgan fingerprint density at radius 3 is 2.75 bits per heavy atom. The highest BCUT2D eigenvalue weighted by Gasteiger charge is 2.34. The van der Waals surface area contributed by atoms with Gasteiger partial charge in [-0.05, 0) is 37.0 Å². The number of benzene rings is 1. The second-order valence-corrected chi connectivity index (χ2v) is 5.94. The van der Waals surface area contributed by atoms with Gasteiger partial charge in [-0.1, -0.05) is 11.6 Å². The molecule has 1 aromatic heterocycles. The van der Waals surface area contributed by atoms with Crippen molar-refractivity contribution in [3.05, 3.63) is 34.1 Å². The zero-order chi connectivity index (χ0) is 17.5. The molecular weight excluding hydrogens is 327 g/mol. The van der Waals surface area contributed by atoms with Crippen LogP contribution in [0.1, 0.15) is 24.8 Å². The zero-order valence-electron chi connectivity index (χ0n) is 12.5. The van der Waals surface area contributed by atoms with E-state index in [1.54, 1.807) is 0 Å². The number of rotatable bonds is 3. The van der Waals surface area contributed by atoms with Crippen LogP contribution in [0.4, 0.5) is 13.2 Å². The highest BCUT2D eigenvalue weighted by molar-refractivity contribution is 5.77. The number of halogens is 3. The van der Waals surface area contributed by atoms with Gasteiger partial charge in [0.15, 0.2) is 0 Å². The molecule has 0 spiro atoms. The predicted molar refractivity (Wildman–Crippen MR) is 77.3 cm³/mol. The van der Waals surface area contributed by atoms with Gasteiger partial charge < -0.3 is 5.11 Å². The first-order chi connectivity index (χ1) is 11.3. The number of hydrogen-bond acceptors (Lipinski definition) is 4. The van der Waals surface area contributed by atoms with Gasteiger partial charge in [0.2, 0.25) is 0 Å². The minimum Gasteiger partial charge on any atom is -0.481 e. The average Bonchev–Trinajstić information content (AvgIpc) is 2.97. The molecule has 0 bridgehead atoms. The molecule has 1 aliphatic rings. The fraction of sp³-hybridized carbons (Fsp3) is 0.467. The summed E-state index contributed by atoms with van der Waals surface area (Å²) in [6, 6.07) is 2.71. The Kier molecular flexibility index (Phi) is 4.02. The van der Waals surface area contributed by atoms with Gasteiger partial charge >= 0.3 is 12.1 Å². The minimum absolute atomic E-state index is 0.0367. The fourth-order valence-corrected chi connectivity index (χ4v) is 3.17. The quantitative estimate of drug-likeness (QED) is 0.926. The first-order valence-electron chi connectivity index (χ1n) is 7.45. The highest BCUT2D eigenvalue weighted by atomic mass is 19.4. The van der Waals surface area contributed by atoms with Crippen molar-refractivity contribution in [2.75, 3.05) is 0 Å². The van der Waals surface area contributed by atoms with Gasteiger partial charge in [-0.2, -0.15) is 13.2 Å². The molecule has 1 saturated carbocycles. The van der Waals surface area contributed by atoms with Crippen molar-refractivity contribution in [1.29, 1.82) is 0 Å². The number of nitrogens with zero attached hydrogens (tertiary/aromatic N) is 3. The predicted octanol–water partition coefficient (Wildman–Crippen LogP) is 2.31. The Bertz CT molecular complexity index is 847. The van der Waals surface area contributed by atoms with Crippen LogP contribution in [-0.2, 0) is 17.5 Å². The molecule has 9 heteroatoms. The number of alkyl halides is 3. The van der Waals surface area contributed by atoms with Crippen molar-refractivity contribution in [2.24, 2.45) is 11.8 Å². The van der Waals surface area contributed by atoms with Crippen molar-refractivity contribution in [1.82, 2.24) is 15.0 Å². The molecule has 0 radical (unpaired) electrons. The van der Waals surface area contributed by atoms with Crippen LogP contribution in [0, 0.1) is 11.8 Å². The second-order valence-electron chi connectivity index (χ2n) is 5.94. The lowest BCUT2D eigenvalue weighted by atomic mass is 9.96. The summed E-state index contributed by atoms with van der Waals surface area (Å²) >= 11 is 0. The van der Waals surface area contributed by atoms with E-state index in [9.17, 15) is 27.9 Å². The summed E-state index contributed by atoms with van der Waals surface area (Å²) in [6.45, 7) is 0.0367. The lowest BCUT2D eigenvalue weighted by Crippen LogP contribution is -2.31. The van der Waals surface area contributed by atoms with E-state index in [4.69, 9.17) is 0 Å². The fourth-order valence-electron chi connectivity index (χ4n) is 3.17.